The van der Waals surface area contributed by atoms with E-state index in [0.717, 1.165) is 43.7 Å². The predicted octanol–water partition coefficient (Wildman–Crippen LogP) is 8.72. The van der Waals surface area contributed by atoms with Crippen LogP contribution in [-0.4, -0.2) is 30.5 Å². The van der Waals surface area contributed by atoms with E-state index in [-0.39, 0.29) is 24.4 Å². The number of hydrogen-bond acceptors (Lipinski definition) is 7. The van der Waals surface area contributed by atoms with Crippen molar-refractivity contribution in [2.75, 3.05) is 0 Å². The van der Waals surface area contributed by atoms with Crippen LogP contribution in [0.15, 0.2) is 77.7 Å². The van der Waals surface area contributed by atoms with Crippen LogP contribution < -0.4 is 4.74 Å². The molecule has 2 heterocycles. The summed E-state index contributed by atoms with van der Waals surface area (Å²) < 4.78 is 8.16. The van der Waals surface area contributed by atoms with E-state index < -0.39 is 16.5 Å². The van der Waals surface area contributed by atoms with Crippen LogP contribution in [0.2, 0.25) is 5.02 Å². The molecule has 0 unspecified atom stereocenters. The normalized spacial score (nSPS) is 12.0. The maximum Gasteiger partial charge on any atom is 0.309 e. The Morgan fingerprint density at radius 3 is 2.48 bits per heavy atom. The summed E-state index contributed by atoms with van der Waals surface area (Å²) in [4.78, 5) is 33.8. The molecular weight excluding hydrogens is 626 g/mol. The number of rotatable bonds is 12. The summed E-state index contributed by atoms with van der Waals surface area (Å²) in [6.45, 7) is 10.1. The van der Waals surface area contributed by atoms with E-state index in [1.807, 2.05) is 60.7 Å². The first-order valence-corrected chi connectivity index (χ1v) is 16.0. The van der Waals surface area contributed by atoms with E-state index in [0.29, 0.717) is 22.9 Å². The van der Waals surface area contributed by atoms with E-state index in [1.165, 1.54) is 0 Å². The summed E-state index contributed by atoms with van der Waals surface area (Å²) in [6.07, 6.45) is 0.251. The number of hydrogen-bond donors (Lipinski definition) is 1. The molecule has 11 heteroatoms. The Kier molecular flexibility index (Phi) is 9.51. The monoisotopic (exact) mass is 661 g/mol. The lowest BCUT2D eigenvalue weighted by molar-refractivity contribution is -0.763. The van der Waals surface area contributed by atoms with Crippen LogP contribution in [0.5, 0.6) is 5.75 Å². The van der Waals surface area contributed by atoms with Gasteiger partial charge >= 0.3 is 5.97 Å². The van der Waals surface area contributed by atoms with Gasteiger partial charge < -0.3 is 19.2 Å². The topological polar surface area (TPSA) is 117 Å². The van der Waals surface area contributed by atoms with E-state index in [2.05, 4.69) is 25.3 Å². The van der Waals surface area contributed by atoms with Gasteiger partial charge in [0.2, 0.25) is 0 Å². The van der Waals surface area contributed by atoms with Crippen LogP contribution in [0.4, 0.5) is 0 Å². The first-order valence-electron chi connectivity index (χ1n) is 14.8. The molecule has 240 valence electrons. The standard InChI is InChI=1S/C35H36ClN3O6S/c1-34(2,3)46-32-28-17-27(44-21-26-13-11-22-8-6-7-9-29(22)37-26)14-15-30(28)38(31(32)18-35(4,5)33(40)41)19-23-10-12-25(36)16-24(23)20-45-39(42)43/h6-17H,18-21H2,1-5H3,(H,40,41). The first kappa shape index (κ1) is 33.1. The van der Waals surface area contributed by atoms with Gasteiger partial charge in [-0.3, -0.25) is 4.79 Å². The maximum absolute atomic E-state index is 12.4. The summed E-state index contributed by atoms with van der Waals surface area (Å²) in [5, 5.41) is 22.7. The van der Waals surface area contributed by atoms with Crippen molar-refractivity contribution in [2.45, 2.75) is 70.4 Å². The van der Waals surface area contributed by atoms with E-state index >= 15 is 0 Å². The van der Waals surface area contributed by atoms with Gasteiger partial charge in [-0.15, -0.1) is 21.9 Å². The summed E-state index contributed by atoms with van der Waals surface area (Å²) >= 11 is 7.93. The van der Waals surface area contributed by atoms with Crippen LogP contribution in [0.25, 0.3) is 21.8 Å². The van der Waals surface area contributed by atoms with Gasteiger partial charge in [-0.25, -0.2) is 4.98 Å². The predicted molar refractivity (Wildman–Crippen MR) is 181 cm³/mol. The fraction of sp³-hybridized carbons (Fsp3) is 0.314. The van der Waals surface area contributed by atoms with Gasteiger partial charge in [0, 0.05) is 49.6 Å². The Bertz CT molecular complexity index is 1930. The molecule has 0 atom stereocenters. The SMILES string of the molecule is CC(C)(C)Sc1c(CC(C)(C)C(=O)O)n(Cc2ccc(Cl)cc2CO[N+](=O)[O-])c2ccc(OCc3ccc4ccccc4n3)cc12. The van der Waals surface area contributed by atoms with Crippen molar-refractivity contribution in [3.05, 3.63) is 110 Å². The van der Waals surface area contributed by atoms with Gasteiger partial charge in [-0.1, -0.05) is 62.7 Å². The van der Waals surface area contributed by atoms with Crippen molar-refractivity contribution >= 4 is 51.1 Å². The highest BCUT2D eigenvalue weighted by Crippen LogP contribution is 2.44. The molecule has 0 saturated carbocycles. The molecule has 5 aromatic rings. The number of fused-ring (bicyclic) bond motifs is 2. The Morgan fingerprint density at radius 2 is 1.76 bits per heavy atom. The number of halogens is 1. The zero-order chi connectivity index (χ0) is 33.2. The first-order chi connectivity index (χ1) is 21.7. The van der Waals surface area contributed by atoms with Gasteiger partial charge in [0.05, 0.1) is 16.6 Å². The third-order valence-corrected chi connectivity index (χ3v) is 9.06. The number of pyridine rings is 1. The van der Waals surface area contributed by atoms with Crippen molar-refractivity contribution in [3.8, 4) is 5.75 Å². The Morgan fingerprint density at radius 1 is 1.00 bits per heavy atom. The third-order valence-electron chi connectivity index (χ3n) is 7.55. The lowest BCUT2D eigenvalue weighted by Crippen LogP contribution is -2.28. The number of carboxylic acids is 1. The van der Waals surface area contributed by atoms with Crippen LogP contribution in [0, 0.1) is 15.5 Å². The average Bonchev–Trinajstić information content (AvgIpc) is 3.25. The fourth-order valence-electron chi connectivity index (χ4n) is 5.24. The largest absolute Gasteiger partial charge is 0.487 e. The van der Waals surface area contributed by atoms with Crippen LogP contribution in [-0.2, 0) is 35.8 Å². The number of para-hydroxylation sites is 1. The summed E-state index contributed by atoms with van der Waals surface area (Å²) in [5.74, 6) is -0.250. The second-order valence-electron chi connectivity index (χ2n) is 12.8. The molecule has 0 bridgehead atoms. The fourth-order valence-corrected chi connectivity index (χ4v) is 6.62. The molecular formula is C35H36ClN3O6S. The molecule has 0 fully saturated rings. The molecule has 0 amide bonds. The number of carboxylic acid groups (broad SMARTS) is 1. The number of carbonyl (C=O) groups is 1. The number of aromatic nitrogens is 2. The van der Waals surface area contributed by atoms with Crippen LogP contribution in [0.3, 0.4) is 0 Å². The van der Waals surface area contributed by atoms with Gasteiger partial charge in [0.15, 0.2) is 0 Å². The molecule has 9 nitrogen and oxygen atoms in total. The van der Waals surface area contributed by atoms with Crippen molar-refractivity contribution in [3.63, 3.8) is 0 Å². The lowest BCUT2D eigenvalue weighted by atomic mass is 9.88. The molecule has 3 aromatic carbocycles. The van der Waals surface area contributed by atoms with Gasteiger partial charge in [-0.05, 0) is 67.4 Å². The molecule has 46 heavy (non-hydrogen) atoms. The molecule has 0 saturated heterocycles. The zero-order valence-electron chi connectivity index (χ0n) is 26.4. The third kappa shape index (κ3) is 7.74. The lowest BCUT2D eigenvalue weighted by Gasteiger charge is -2.24. The molecule has 1 N–H and O–H groups in total. The second kappa shape index (κ2) is 13.2. The van der Waals surface area contributed by atoms with Crippen molar-refractivity contribution in [2.24, 2.45) is 5.41 Å². The molecule has 0 spiro atoms. The number of nitrogens with zero attached hydrogens (tertiary/aromatic N) is 3. The minimum Gasteiger partial charge on any atom is -0.487 e. The highest BCUT2D eigenvalue weighted by molar-refractivity contribution is 8.00. The minimum absolute atomic E-state index is 0.196. The van der Waals surface area contributed by atoms with Crippen molar-refractivity contribution in [1.82, 2.24) is 9.55 Å². The Balaban J connectivity index is 1.61. The van der Waals surface area contributed by atoms with Crippen LogP contribution >= 0.6 is 23.4 Å². The number of thioether (sulfide) groups is 1. The van der Waals surface area contributed by atoms with E-state index in [9.17, 15) is 20.0 Å². The van der Waals surface area contributed by atoms with Crippen molar-refractivity contribution in [1.29, 1.82) is 0 Å². The van der Waals surface area contributed by atoms with Gasteiger partial charge in [0.1, 0.15) is 19.0 Å². The maximum atomic E-state index is 12.4. The number of aliphatic carboxylic acids is 1. The molecule has 0 aliphatic heterocycles. The van der Waals surface area contributed by atoms with Crippen molar-refractivity contribution < 1.29 is 24.6 Å². The molecule has 5 rings (SSSR count). The molecule has 2 aromatic heterocycles. The Labute approximate surface area is 276 Å². The molecule has 0 aliphatic rings. The summed E-state index contributed by atoms with van der Waals surface area (Å²) in [6, 6.07) is 23.0. The summed E-state index contributed by atoms with van der Waals surface area (Å²) in [7, 11) is 0. The highest BCUT2D eigenvalue weighted by atomic mass is 35.5. The van der Waals surface area contributed by atoms with E-state index in [1.54, 1.807) is 37.7 Å². The van der Waals surface area contributed by atoms with Gasteiger partial charge in [-0.2, -0.15) is 0 Å². The molecule has 0 radical (unpaired) electrons. The minimum atomic E-state index is -1.07. The van der Waals surface area contributed by atoms with Crippen LogP contribution in [0.1, 0.15) is 57.1 Å². The highest BCUT2D eigenvalue weighted by Gasteiger charge is 2.33. The average molecular weight is 662 g/mol. The molecule has 0 aliphatic carbocycles. The number of benzene rings is 3. The number of ether oxygens (including phenoxy) is 1. The zero-order valence-corrected chi connectivity index (χ0v) is 27.9. The summed E-state index contributed by atoms with van der Waals surface area (Å²) in [5.41, 5.74) is 3.71. The Hall–Kier alpha value is -4.28. The second-order valence-corrected chi connectivity index (χ2v) is 15.1. The quantitative estimate of drug-likeness (QED) is 0.0801. The van der Waals surface area contributed by atoms with E-state index in [4.69, 9.17) is 26.2 Å². The smallest absolute Gasteiger partial charge is 0.309 e. The van der Waals surface area contributed by atoms with Gasteiger partial charge in [0.25, 0.3) is 5.09 Å².